The van der Waals surface area contributed by atoms with E-state index in [0.717, 1.165) is 0 Å². The summed E-state index contributed by atoms with van der Waals surface area (Å²) >= 11 is 0. The molecule has 0 spiro atoms. The molecule has 222 valence electrons. The van der Waals surface area contributed by atoms with Crippen molar-refractivity contribution in [2.45, 2.75) is 55.6 Å². The third-order valence-electron chi connectivity index (χ3n) is 6.90. The van der Waals surface area contributed by atoms with Crippen LogP contribution in [-0.2, 0) is 23.1 Å². The van der Waals surface area contributed by atoms with E-state index in [9.17, 15) is 19.7 Å². The van der Waals surface area contributed by atoms with Crippen LogP contribution in [0, 0.1) is 0 Å². The van der Waals surface area contributed by atoms with E-state index in [1.54, 1.807) is 0 Å². The molecule has 3 aromatic heterocycles. The molecule has 0 saturated carbocycles. The van der Waals surface area contributed by atoms with E-state index in [-0.39, 0.29) is 29.7 Å². The number of nitrogens with one attached hydrogen (secondary N) is 1. The number of phosphoric acid groups is 1. The number of imidazole rings is 2. The molecular formula is C20H27FN11O8P. The average Bonchev–Trinajstić information content (AvgIpc) is 3.69. The van der Waals surface area contributed by atoms with Crippen LogP contribution in [0.15, 0.2) is 24.0 Å². The molecule has 6 heterocycles. The summed E-state index contributed by atoms with van der Waals surface area (Å²) in [7, 11) is -4.99. The van der Waals surface area contributed by atoms with Gasteiger partial charge in [0.1, 0.15) is 48.2 Å². The Labute approximate surface area is 229 Å². The van der Waals surface area contributed by atoms with Crippen LogP contribution in [0.1, 0.15) is 30.7 Å². The summed E-state index contributed by atoms with van der Waals surface area (Å²) in [5.41, 5.74) is 18.5. The van der Waals surface area contributed by atoms with Crippen molar-refractivity contribution in [3.8, 4) is 0 Å². The van der Waals surface area contributed by atoms with Gasteiger partial charge in [0.2, 0.25) is 0 Å². The first-order valence-electron chi connectivity index (χ1n) is 12.3. The van der Waals surface area contributed by atoms with E-state index in [1.165, 1.54) is 28.1 Å². The minimum atomic E-state index is -4.99. The normalized spacial score (nSPS) is 33.0. The molecule has 2 fully saturated rings. The molecule has 0 bridgehead atoms. The second-order valence-corrected chi connectivity index (χ2v) is 10.9. The molecule has 0 amide bonds. The standard InChI is InChI=1S/C20H27FN11O8P/c21-11-8(2-33)39-19(32-6-28-13-16(23)29-20(24)30-18(13)32)14(11)40-41(35,36)37-3-9-7(34)1-10(38-9)31-5-27-12-15(22)25-4-26-17(12)31/h4-11,14,16,19,33-34H,1-3,23H2,(H,35,36)(H2,22,25,26)(H3,24,29,30)/t7?,8-,9-,10-,11?,14?,16?,19-/m1/s1. The molecule has 5 unspecified atom stereocenters. The van der Waals surface area contributed by atoms with Gasteiger partial charge in [-0.2, -0.15) is 4.99 Å². The van der Waals surface area contributed by atoms with Crippen LogP contribution in [0.25, 0.3) is 11.2 Å². The first-order chi connectivity index (χ1) is 19.6. The van der Waals surface area contributed by atoms with Gasteiger partial charge in [-0.1, -0.05) is 0 Å². The van der Waals surface area contributed by atoms with Gasteiger partial charge in [0.05, 0.1) is 32.0 Å². The smallest absolute Gasteiger partial charge is 0.394 e. The zero-order valence-electron chi connectivity index (χ0n) is 21.0. The molecule has 9 atom stereocenters. The molecule has 2 saturated heterocycles. The lowest BCUT2D eigenvalue weighted by Crippen LogP contribution is -2.41. The van der Waals surface area contributed by atoms with E-state index < -0.39 is 70.2 Å². The number of rotatable bonds is 8. The lowest BCUT2D eigenvalue weighted by atomic mass is 10.1. The summed E-state index contributed by atoms with van der Waals surface area (Å²) in [6, 6.07) is 0. The number of nitrogen functional groups attached to an aromatic ring is 1. The highest BCUT2D eigenvalue weighted by Gasteiger charge is 2.51. The zero-order valence-corrected chi connectivity index (χ0v) is 21.9. The number of aromatic nitrogens is 6. The largest absolute Gasteiger partial charge is 0.472 e. The Morgan fingerprint density at radius 1 is 1.17 bits per heavy atom. The number of phosphoric ester groups is 1. The van der Waals surface area contributed by atoms with Crippen LogP contribution in [0.5, 0.6) is 0 Å². The number of hydrogen-bond acceptors (Lipinski definition) is 16. The molecule has 3 aliphatic rings. The number of nitrogens with zero attached hydrogens (tertiary/aromatic N) is 7. The van der Waals surface area contributed by atoms with Crippen molar-refractivity contribution in [2.75, 3.05) is 18.9 Å². The number of alkyl halides is 1. The number of aliphatic hydroxyl groups is 2. The van der Waals surface area contributed by atoms with Crippen LogP contribution in [-0.4, -0.2) is 93.9 Å². The van der Waals surface area contributed by atoms with Gasteiger partial charge >= 0.3 is 7.82 Å². The molecule has 21 heteroatoms. The Balaban J connectivity index is 1.15. The van der Waals surface area contributed by atoms with Crippen molar-refractivity contribution in [2.24, 2.45) is 16.5 Å². The first-order valence-corrected chi connectivity index (χ1v) is 13.8. The van der Waals surface area contributed by atoms with Crippen LogP contribution < -0.4 is 22.5 Å². The highest BCUT2D eigenvalue weighted by Crippen LogP contribution is 2.51. The highest BCUT2D eigenvalue weighted by atomic mass is 31.2. The number of hydrogen-bond donors (Lipinski definition) is 7. The Kier molecular flexibility index (Phi) is 7.12. The molecular weight excluding hydrogens is 572 g/mol. The maximum Gasteiger partial charge on any atom is 0.472 e. The first kappa shape index (κ1) is 27.8. The fourth-order valence-electron chi connectivity index (χ4n) is 4.91. The van der Waals surface area contributed by atoms with Gasteiger partial charge in [-0.25, -0.2) is 28.9 Å². The quantitative estimate of drug-likeness (QED) is 0.140. The summed E-state index contributed by atoms with van der Waals surface area (Å²) in [5, 5.41) is 22.8. The van der Waals surface area contributed by atoms with E-state index in [4.69, 9.17) is 35.7 Å². The monoisotopic (exact) mass is 599 g/mol. The van der Waals surface area contributed by atoms with Crippen LogP contribution in [0.4, 0.5) is 16.0 Å². The van der Waals surface area contributed by atoms with Gasteiger partial charge < -0.3 is 47.1 Å². The third kappa shape index (κ3) is 5.02. The fourth-order valence-corrected chi connectivity index (χ4v) is 5.83. The van der Waals surface area contributed by atoms with Crippen LogP contribution in [0.3, 0.4) is 0 Å². The summed E-state index contributed by atoms with van der Waals surface area (Å²) in [6.45, 7) is -1.34. The fraction of sp³-hybridized carbons (Fsp3) is 0.550. The number of ether oxygens (including phenoxy) is 2. The Bertz CT molecular complexity index is 1520. The van der Waals surface area contributed by atoms with Crippen molar-refractivity contribution in [1.82, 2.24) is 34.4 Å². The number of guanidine groups is 1. The average molecular weight is 599 g/mol. The van der Waals surface area contributed by atoms with Gasteiger partial charge in [-0.05, 0) is 0 Å². The van der Waals surface area contributed by atoms with Crippen molar-refractivity contribution in [1.29, 1.82) is 0 Å². The number of nitrogens with two attached hydrogens (primary N) is 3. The van der Waals surface area contributed by atoms with Crippen molar-refractivity contribution in [3.05, 3.63) is 24.7 Å². The van der Waals surface area contributed by atoms with Crippen molar-refractivity contribution >= 4 is 36.6 Å². The minimum absolute atomic E-state index is 0.0399. The molecule has 0 aliphatic carbocycles. The topological polar surface area (TPSA) is 279 Å². The van der Waals surface area contributed by atoms with Gasteiger partial charge in [0.25, 0.3) is 0 Å². The lowest BCUT2D eigenvalue weighted by Gasteiger charge is -2.25. The summed E-state index contributed by atoms with van der Waals surface area (Å²) < 4.78 is 52.7. The number of aliphatic hydroxyl groups excluding tert-OH is 2. The van der Waals surface area contributed by atoms with Crippen LogP contribution in [0.2, 0.25) is 0 Å². The summed E-state index contributed by atoms with van der Waals surface area (Å²) in [4.78, 5) is 30.9. The molecule has 0 aromatic carbocycles. The Morgan fingerprint density at radius 2 is 1.95 bits per heavy atom. The molecule has 3 aromatic rings. The third-order valence-corrected chi connectivity index (χ3v) is 7.88. The maximum atomic E-state index is 15.3. The number of anilines is 1. The Hall–Kier alpha value is -3.33. The lowest BCUT2D eigenvalue weighted by molar-refractivity contribution is -0.0598. The maximum absolute atomic E-state index is 15.3. The van der Waals surface area contributed by atoms with E-state index in [2.05, 4.69) is 30.2 Å². The highest BCUT2D eigenvalue weighted by molar-refractivity contribution is 7.47. The second-order valence-electron chi connectivity index (χ2n) is 9.52. The number of halogens is 1. The van der Waals surface area contributed by atoms with Crippen molar-refractivity contribution < 1.29 is 42.6 Å². The predicted octanol–water partition coefficient (Wildman–Crippen LogP) is -1.81. The zero-order chi connectivity index (χ0) is 29.1. The van der Waals surface area contributed by atoms with E-state index in [0.29, 0.717) is 11.2 Å². The van der Waals surface area contributed by atoms with Gasteiger partial charge in [0, 0.05) is 6.42 Å². The minimum Gasteiger partial charge on any atom is -0.394 e. The van der Waals surface area contributed by atoms with E-state index in [1.807, 2.05) is 0 Å². The van der Waals surface area contributed by atoms with Crippen molar-refractivity contribution in [3.63, 3.8) is 0 Å². The summed E-state index contributed by atoms with van der Waals surface area (Å²) in [6.07, 6.45) is -6.34. The number of fused-ring (bicyclic) bond motifs is 2. The molecule has 10 N–H and O–H groups in total. The SMILES string of the molecule is NC1=Nc2c(ncn2[C@@H]2O[C@H](CO)C(F)C2OP(=O)(O)OC[C@H]2O[C@@H](n3cnc4c(N)ncnc43)CC2O)C(N)N1. The van der Waals surface area contributed by atoms with Gasteiger partial charge in [-0.3, -0.25) is 18.2 Å². The summed E-state index contributed by atoms with van der Waals surface area (Å²) in [5.74, 6) is 0.238. The molecule has 19 nitrogen and oxygen atoms in total. The molecule has 6 rings (SSSR count). The second kappa shape index (κ2) is 10.5. The van der Waals surface area contributed by atoms with Gasteiger partial charge in [-0.15, -0.1) is 0 Å². The molecule has 41 heavy (non-hydrogen) atoms. The molecule has 0 radical (unpaired) electrons. The van der Waals surface area contributed by atoms with Gasteiger partial charge in [0.15, 0.2) is 35.6 Å². The molecule has 3 aliphatic heterocycles. The number of aliphatic imine (C=N–C) groups is 1. The predicted molar refractivity (Wildman–Crippen MR) is 134 cm³/mol. The Morgan fingerprint density at radius 3 is 2.73 bits per heavy atom. The van der Waals surface area contributed by atoms with E-state index >= 15 is 4.39 Å². The van der Waals surface area contributed by atoms with Crippen LogP contribution >= 0.6 is 7.82 Å².